The second kappa shape index (κ2) is 10.8. The van der Waals surface area contributed by atoms with Crippen LogP contribution >= 0.6 is 11.6 Å². The highest BCUT2D eigenvalue weighted by Gasteiger charge is 2.51. The van der Waals surface area contributed by atoms with Crippen LogP contribution in [-0.2, 0) is 23.9 Å². The molecule has 3 aromatic rings. The van der Waals surface area contributed by atoms with Crippen LogP contribution in [0.3, 0.4) is 0 Å². The van der Waals surface area contributed by atoms with Crippen LogP contribution in [0.4, 0.5) is 5.69 Å². The predicted octanol–water partition coefficient (Wildman–Crippen LogP) is 5.09. The van der Waals surface area contributed by atoms with Gasteiger partial charge in [-0.1, -0.05) is 72.3 Å². The number of halogens is 1. The molecule has 0 radical (unpaired) electrons. The number of ketones is 1. The highest BCUT2D eigenvalue weighted by atomic mass is 35.5. The molecule has 3 aromatic carbocycles. The minimum absolute atomic E-state index is 0.0949. The number of esters is 2. The lowest BCUT2D eigenvalue weighted by Gasteiger charge is -2.44. The first-order valence-corrected chi connectivity index (χ1v) is 12.8. The van der Waals surface area contributed by atoms with E-state index in [9.17, 15) is 14.4 Å². The molecule has 3 atom stereocenters. The Morgan fingerprint density at radius 2 is 1.54 bits per heavy atom. The van der Waals surface area contributed by atoms with Gasteiger partial charge in [-0.15, -0.1) is 0 Å². The highest BCUT2D eigenvalue weighted by molar-refractivity contribution is 6.30. The molecular weight excluding hydrogens is 516 g/mol. The van der Waals surface area contributed by atoms with Crippen LogP contribution in [0.15, 0.2) is 108 Å². The van der Waals surface area contributed by atoms with Gasteiger partial charge in [0.05, 0.1) is 25.7 Å². The van der Waals surface area contributed by atoms with Gasteiger partial charge < -0.3 is 15.2 Å². The predicted molar refractivity (Wildman–Crippen MR) is 148 cm³/mol. The minimum atomic E-state index is -1.12. The van der Waals surface area contributed by atoms with Crippen molar-refractivity contribution in [2.45, 2.75) is 18.3 Å². The van der Waals surface area contributed by atoms with Crippen molar-refractivity contribution in [1.29, 1.82) is 0 Å². The second-order valence-corrected chi connectivity index (χ2v) is 9.83. The topological polar surface area (TPSA) is 98.9 Å². The molecule has 0 amide bonds. The van der Waals surface area contributed by atoms with Gasteiger partial charge in [0.25, 0.3) is 0 Å². The number of carbonyl (C=O) groups is 3. The summed E-state index contributed by atoms with van der Waals surface area (Å²) in [7, 11) is 2.53. The number of anilines is 1. The maximum Gasteiger partial charge on any atom is 0.338 e. The van der Waals surface area contributed by atoms with E-state index in [1.165, 1.54) is 14.2 Å². The molecule has 5 rings (SSSR count). The lowest BCUT2D eigenvalue weighted by Crippen LogP contribution is -2.46. The van der Waals surface area contributed by atoms with Crippen molar-refractivity contribution >= 4 is 35.0 Å². The number of carbonyl (C=O) groups excluding carboxylic acids is 3. The molecule has 7 nitrogen and oxygen atoms in total. The van der Waals surface area contributed by atoms with Crippen LogP contribution in [-0.4, -0.2) is 31.9 Å². The molecule has 2 aliphatic rings. The lowest BCUT2D eigenvalue weighted by atomic mass is 9.67. The number of nitrogens with zero attached hydrogens (tertiary/aromatic N) is 1. The number of rotatable bonds is 5. The number of benzene rings is 3. The van der Waals surface area contributed by atoms with Gasteiger partial charge in [0.15, 0.2) is 5.78 Å². The van der Waals surface area contributed by atoms with Gasteiger partial charge in [-0.05, 0) is 41.8 Å². The zero-order chi connectivity index (χ0) is 27.7. The Balaban J connectivity index is 1.83. The Labute approximate surface area is 231 Å². The Morgan fingerprint density at radius 3 is 2.15 bits per heavy atom. The molecule has 0 fully saturated rings. The summed E-state index contributed by atoms with van der Waals surface area (Å²) in [6.07, 6.45) is 0.298. The van der Waals surface area contributed by atoms with E-state index in [0.29, 0.717) is 34.0 Å². The average molecular weight is 543 g/mol. The van der Waals surface area contributed by atoms with Gasteiger partial charge in [0, 0.05) is 27.9 Å². The monoisotopic (exact) mass is 542 g/mol. The Kier molecular flexibility index (Phi) is 7.26. The molecule has 2 N–H and O–H groups in total. The number of hydrogen-bond donors (Lipinski definition) is 1. The van der Waals surface area contributed by atoms with E-state index in [0.717, 1.165) is 5.56 Å². The summed E-state index contributed by atoms with van der Waals surface area (Å²) >= 11 is 6.35. The molecule has 0 spiro atoms. The fourth-order valence-electron chi connectivity index (χ4n) is 5.64. The van der Waals surface area contributed by atoms with E-state index in [-0.39, 0.29) is 11.4 Å². The van der Waals surface area contributed by atoms with Crippen molar-refractivity contribution < 1.29 is 23.9 Å². The minimum Gasteiger partial charge on any atom is -0.468 e. The van der Waals surface area contributed by atoms with Crippen LogP contribution in [0.25, 0.3) is 0 Å². The molecule has 0 aromatic heterocycles. The zero-order valence-electron chi connectivity index (χ0n) is 21.5. The van der Waals surface area contributed by atoms with Crippen molar-refractivity contribution in [3.05, 3.63) is 124 Å². The second-order valence-electron chi connectivity index (χ2n) is 9.40. The quantitative estimate of drug-likeness (QED) is 0.354. The van der Waals surface area contributed by atoms with Crippen LogP contribution in [0.2, 0.25) is 5.02 Å². The maximum atomic E-state index is 14.5. The molecule has 0 saturated carbocycles. The number of hydrogen-bond acceptors (Lipinski definition) is 7. The number of allylic oxidation sites excluding steroid dienone is 2. The number of ether oxygens (including phenoxy) is 2. The number of para-hydroxylation sites is 1. The van der Waals surface area contributed by atoms with Gasteiger partial charge in [-0.3, -0.25) is 14.5 Å². The standard InChI is InChI=1S/C31H27ClN2O5/c1-38-30(36)25-22(18-10-5-3-6-11-18)17-23-26(28(25)35)24(19-12-9-13-20(32)16-19)27(31(37)39-2)29(33)34(23)21-14-7-4-8-15-21/h3-16,22,24-25H,17,33H2,1-2H3. The van der Waals surface area contributed by atoms with Gasteiger partial charge >= 0.3 is 11.9 Å². The summed E-state index contributed by atoms with van der Waals surface area (Å²) in [5, 5.41) is 0.429. The first-order chi connectivity index (χ1) is 18.9. The van der Waals surface area contributed by atoms with Crippen LogP contribution in [0.1, 0.15) is 29.4 Å². The van der Waals surface area contributed by atoms with Gasteiger partial charge in [0.2, 0.25) is 0 Å². The lowest BCUT2D eigenvalue weighted by molar-refractivity contribution is -0.150. The molecule has 198 valence electrons. The molecular formula is C31H27ClN2O5. The fourth-order valence-corrected chi connectivity index (χ4v) is 5.84. The van der Waals surface area contributed by atoms with Crippen molar-refractivity contribution in [3.63, 3.8) is 0 Å². The van der Waals surface area contributed by atoms with Crippen LogP contribution < -0.4 is 10.6 Å². The molecule has 1 heterocycles. The van der Waals surface area contributed by atoms with E-state index in [1.54, 1.807) is 29.2 Å². The molecule has 1 aliphatic carbocycles. The molecule has 3 unspecified atom stereocenters. The van der Waals surface area contributed by atoms with Crippen molar-refractivity contribution in [2.24, 2.45) is 11.7 Å². The Bertz CT molecular complexity index is 1500. The van der Waals surface area contributed by atoms with Gasteiger partial charge in [0.1, 0.15) is 11.7 Å². The smallest absolute Gasteiger partial charge is 0.338 e. The Hall–Kier alpha value is -4.36. The molecule has 39 heavy (non-hydrogen) atoms. The van der Waals surface area contributed by atoms with Crippen molar-refractivity contribution in [1.82, 2.24) is 0 Å². The van der Waals surface area contributed by atoms with Crippen LogP contribution in [0.5, 0.6) is 0 Å². The molecule has 8 heteroatoms. The normalized spacial score (nSPS) is 20.9. The van der Waals surface area contributed by atoms with E-state index in [1.807, 2.05) is 60.7 Å². The summed E-state index contributed by atoms with van der Waals surface area (Å²) in [6, 6.07) is 25.6. The number of nitrogens with two attached hydrogens (primary N) is 1. The number of methoxy groups -OCH3 is 2. The third kappa shape index (κ3) is 4.59. The average Bonchev–Trinajstić information content (AvgIpc) is 2.96. The Morgan fingerprint density at radius 1 is 0.897 bits per heavy atom. The van der Waals surface area contributed by atoms with E-state index < -0.39 is 35.5 Å². The van der Waals surface area contributed by atoms with Gasteiger partial charge in [-0.2, -0.15) is 0 Å². The summed E-state index contributed by atoms with van der Waals surface area (Å²) < 4.78 is 10.3. The molecule has 1 aliphatic heterocycles. The summed E-state index contributed by atoms with van der Waals surface area (Å²) in [4.78, 5) is 42.8. The van der Waals surface area contributed by atoms with Crippen molar-refractivity contribution in [3.8, 4) is 0 Å². The van der Waals surface area contributed by atoms with Crippen LogP contribution in [0, 0.1) is 5.92 Å². The zero-order valence-corrected chi connectivity index (χ0v) is 22.2. The molecule has 0 bridgehead atoms. The first kappa shape index (κ1) is 26.3. The van der Waals surface area contributed by atoms with E-state index in [2.05, 4.69) is 0 Å². The first-order valence-electron chi connectivity index (χ1n) is 12.5. The van der Waals surface area contributed by atoms with Gasteiger partial charge in [-0.25, -0.2) is 4.79 Å². The summed E-state index contributed by atoms with van der Waals surface area (Å²) in [5.74, 6) is -4.14. The fraction of sp³-hybridized carbons (Fsp3) is 0.194. The summed E-state index contributed by atoms with van der Waals surface area (Å²) in [5.41, 5.74) is 9.86. The third-order valence-electron chi connectivity index (χ3n) is 7.32. The SMILES string of the molecule is COC(=O)C1=C(N)N(c2ccccc2)C2=C(C(=O)C(C(=O)OC)C(c3ccccc3)C2)C1c1cccc(Cl)c1. The number of Topliss-reactive ketones (excluding diaryl/α,β-unsaturated/α-hetero) is 1. The highest BCUT2D eigenvalue weighted by Crippen LogP contribution is 2.51. The van der Waals surface area contributed by atoms with E-state index >= 15 is 0 Å². The third-order valence-corrected chi connectivity index (χ3v) is 7.56. The summed E-state index contributed by atoms with van der Waals surface area (Å²) in [6.45, 7) is 0. The van der Waals surface area contributed by atoms with E-state index in [4.69, 9.17) is 26.8 Å². The molecule has 0 saturated heterocycles. The van der Waals surface area contributed by atoms with Crippen molar-refractivity contribution in [2.75, 3.05) is 19.1 Å². The maximum absolute atomic E-state index is 14.5. The largest absolute Gasteiger partial charge is 0.468 e.